The molecule has 0 spiro atoms. The lowest BCUT2D eigenvalue weighted by Gasteiger charge is -2.35. The van der Waals surface area contributed by atoms with E-state index in [1.54, 1.807) is 4.90 Å². The fraction of sp³-hybridized carbons (Fsp3) is 0.686. The summed E-state index contributed by atoms with van der Waals surface area (Å²) in [5, 5.41) is 2.91. The number of aryl methyl sites for hydroxylation is 1. The van der Waals surface area contributed by atoms with E-state index >= 15 is 0 Å². The first kappa shape index (κ1) is 30.2. The predicted molar refractivity (Wildman–Crippen MR) is 167 cm³/mol. The van der Waals surface area contributed by atoms with Gasteiger partial charge in [-0.15, -0.1) is 0 Å². The van der Waals surface area contributed by atoms with Crippen molar-refractivity contribution in [3.05, 3.63) is 23.9 Å². The highest BCUT2D eigenvalue weighted by molar-refractivity contribution is 5.89. The van der Waals surface area contributed by atoms with Crippen molar-refractivity contribution >= 4 is 29.3 Å². The molecule has 5 aliphatic rings. The zero-order valence-corrected chi connectivity index (χ0v) is 26.9. The van der Waals surface area contributed by atoms with Crippen LogP contribution in [-0.2, 0) is 20.7 Å². The van der Waals surface area contributed by atoms with Gasteiger partial charge in [0.25, 0.3) is 0 Å². The summed E-state index contributed by atoms with van der Waals surface area (Å²) in [6.07, 6.45) is 8.94. The van der Waals surface area contributed by atoms with Crippen LogP contribution < -0.4 is 14.8 Å². The number of hydrogen-bond acceptors (Lipinski definition) is 8. The molecule has 2 bridgehead atoms. The van der Waals surface area contributed by atoms with Gasteiger partial charge in [-0.1, -0.05) is 40.5 Å². The molecule has 1 N–H and O–H groups in total. The third-order valence-corrected chi connectivity index (χ3v) is 10.7. The molecule has 0 radical (unpaired) electrons. The Morgan fingerprint density at radius 1 is 0.978 bits per heavy atom. The number of rotatable bonds is 3. The highest BCUT2D eigenvalue weighted by atomic mass is 16.6. The summed E-state index contributed by atoms with van der Waals surface area (Å²) in [6, 6.07) is 4.26. The van der Waals surface area contributed by atoms with Gasteiger partial charge in [-0.2, -0.15) is 0 Å². The van der Waals surface area contributed by atoms with Crippen LogP contribution in [-0.4, -0.2) is 70.1 Å². The second-order valence-corrected chi connectivity index (χ2v) is 15.1. The minimum Gasteiger partial charge on any atom is -0.490 e. The number of ether oxygens (including phenoxy) is 3. The molecule has 4 fully saturated rings. The van der Waals surface area contributed by atoms with Crippen molar-refractivity contribution < 1.29 is 28.6 Å². The van der Waals surface area contributed by atoms with E-state index in [1.807, 2.05) is 45.9 Å². The number of carbonyl (C=O) groups is 3. The van der Waals surface area contributed by atoms with Gasteiger partial charge in [-0.3, -0.25) is 4.79 Å². The lowest BCUT2D eigenvalue weighted by molar-refractivity contribution is -0.139. The number of alkyl carbamates (subject to hydrolysis) is 1. The summed E-state index contributed by atoms with van der Waals surface area (Å²) in [6.45, 7) is 7.87. The second kappa shape index (κ2) is 11.7. The molecule has 3 aliphatic carbocycles. The number of hydrogen-bond donors (Lipinski definition) is 1. The van der Waals surface area contributed by atoms with Crippen molar-refractivity contribution in [3.63, 3.8) is 0 Å². The summed E-state index contributed by atoms with van der Waals surface area (Å²) in [5.74, 6) is 2.25. The van der Waals surface area contributed by atoms with Crippen molar-refractivity contribution in [3.8, 4) is 11.6 Å². The Morgan fingerprint density at radius 2 is 1.80 bits per heavy atom. The quantitative estimate of drug-likeness (QED) is 0.464. The molecule has 7 rings (SSSR count). The zero-order valence-electron chi connectivity index (χ0n) is 26.9. The SMILES string of the molecule is C[C@@H]1[C@@H]2CN(C(=O)[C@H](C(C)(C)C)NC(=O)O[C@@H]3CC4CC4[C@H]3CCCCCc3nc4ccc(OC5CC5)cc4nc3O2)[C@@H]1C=O. The molecule has 2 aromatic rings. The molecule has 45 heavy (non-hydrogen) atoms. The highest BCUT2D eigenvalue weighted by Crippen LogP contribution is 2.57. The van der Waals surface area contributed by atoms with Gasteiger partial charge in [0, 0.05) is 12.0 Å². The Balaban J connectivity index is 1.21. The molecule has 10 heteroatoms. The molecule has 2 amide bonds. The maximum absolute atomic E-state index is 14.1. The first-order valence-corrected chi connectivity index (χ1v) is 17.0. The number of carbonyl (C=O) groups excluding carboxylic acids is 3. The summed E-state index contributed by atoms with van der Waals surface area (Å²) in [7, 11) is 0. The minimum atomic E-state index is -0.868. The van der Waals surface area contributed by atoms with E-state index in [0.717, 1.165) is 68.2 Å². The summed E-state index contributed by atoms with van der Waals surface area (Å²) >= 11 is 0. The van der Waals surface area contributed by atoms with Crippen LogP contribution in [0.3, 0.4) is 0 Å². The number of amides is 2. The summed E-state index contributed by atoms with van der Waals surface area (Å²) in [4.78, 5) is 51.4. The molecule has 1 aromatic carbocycles. The third-order valence-electron chi connectivity index (χ3n) is 10.7. The highest BCUT2D eigenvalue weighted by Gasteiger charge is 2.54. The van der Waals surface area contributed by atoms with Crippen molar-refractivity contribution in [1.82, 2.24) is 20.2 Å². The van der Waals surface area contributed by atoms with Gasteiger partial charge in [0.05, 0.1) is 29.7 Å². The Labute approximate surface area is 265 Å². The van der Waals surface area contributed by atoms with Crippen LogP contribution in [0.4, 0.5) is 4.79 Å². The molecule has 242 valence electrons. The van der Waals surface area contributed by atoms with Crippen molar-refractivity contribution in [1.29, 1.82) is 0 Å². The van der Waals surface area contributed by atoms with Crippen LogP contribution in [0.15, 0.2) is 18.2 Å². The Morgan fingerprint density at radius 3 is 2.56 bits per heavy atom. The maximum Gasteiger partial charge on any atom is 0.408 e. The van der Waals surface area contributed by atoms with Gasteiger partial charge in [0.2, 0.25) is 11.8 Å². The Hall–Kier alpha value is -3.43. The van der Waals surface area contributed by atoms with Crippen LogP contribution in [0.5, 0.6) is 11.6 Å². The molecule has 10 nitrogen and oxygen atoms in total. The van der Waals surface area contributed by atoms with E-state index in [4.69, 9.17) is 24.2 Å². The van der Waals surface area contributed by atoms with Gasteiger partial charge >= 0.3 is 6.09 Å². The average Bonchev–Trinajstić information content (AvgIpc) is 3.91. The molecular weight excluding hydrogens is 572 g/mol. The maximum atomic E-state index is 14.1. The largest absolute Gasteiger partial charge is 0.490 e. The van der Waals surface area contributed by atoms with E-state index in [2.05, 4.69) is 5.32 Å². The fourth-order valence-electron chi connectivity index (χ4n) is 7.78. The van der Waals surface area contributed by atoms with E-state index in [1.165, 1.54) is 6.42 Å². The molecule has 3 heterocycles. The number of aromatic nitrogens is 2. The monoisotopic (exact) mass is 618 g/mol. The number of nitrogens with one attached hydrogen (secondary N) is 1. The van der Waals surface area contributed by atoms with Crippen LogP contribution in [0.2, 0.25) is 0 Å². The van der Waals surface area contributed by atoms with E-state index in [0.29, 0.717) is 35.6 Å². The first-order valence-electron chi connectivity index (χ1n) is 17.0. The van der Waals surface area contributed by atoms with E-state index in [9.17, 15) is 14.4 Å². The molecule has 8 atom stereocenters. The lowest BCUT2D eigenvalue weighted by Crippen LogP contribution is -2.56. The molecule has 1 aromatic heterocycles. The van der Waals surface area contributed by atoms with Crippen molar-refractivity contribution in [2.45, 2.75) is 116 Å². The van der Waals surface area contributed by atoms with Crippen LogP contribution in [0.25, 0.3) is 11.0 Å². The van der Waals surface area contributed by atoms with Crippen LogP contribution >= 0.6 is 0 Å². The van der Waals surface area contributed by atoms with Crippen LogP contribution in [0, 0.1) is 29.1 Å². The lowest BCUT2D eigenvalue weighted by atomic mass is 9.85. The van der Waals surface area contributed by atoms with Gasteiger partial charge in [0.1, 0.15) is 36.0 Å². The Kier molecular flexibility index (Phi) is 7.89. The second-order valence-electron chi connectivity index (χ2n) is 15.1. The fourth-order valence-corrected chi connectivity index (χ4v) is 7.78. The molecular formula is C35H46N4O6. The first-order chi connectivity index (χ1) is 21.6. The third kappa shape index (κ3) is 6.21. The minimum absolute atomic E-state index is 0.123. The van der Waals surface area contributed by atoms with E-state index < -0.39 is 29.7 Å². The zero-order chi connectivity index (χ0) is 31.5. The normalized spacial score (nSPS) is 33.9. The van der Waals surface area contributed by atoms with Gasteiger partial charge in [-0.25, -0.2) is 14.8 Å². The topological polar surface area (TPSA) is 120 Å². The standard InChI is InChI=1S/C35H46N4O6/c1-19-28(18-40)39-17-30(19)44-32-26(36-25-13-12-22(16-27(25)37-32)43-21-10-11-21)9-7-5-6-8-23-24-14-20(24)15-29(23)45-34(42)38-31(33(39)41)35(2,3)4/h12-13,16,18-21,23-24,28-31H,5-11,14-15,17H2,1-4H3,(H,38,42)/t19-,20?,23+,24?,28+,29+,30-,31+/m0/s1. The number of aldehydes is 1. The van der Waals surface area contributed by atoms with Crippen molar-refractivity contribution in [2.75, 3.05) is 6.54 Å². The molecule has 2 aliphatic heterocycles. The molecule has 3 saturated carbocycles. The molecule has 2 unspecified atom stereocenters. The number of nitrogens with zero attached hydrogens (tertiary/aromatic N) is 3. The summed E-state index contributed by atoms with van der Waals surface area (Å²) in [5.41, 5.74) is 1.67. The number of benzene rings is 1. The van der Waals surface area contributed by atoms with Crippen molar-refractivity contribution in [2.24, 2.45) is 29.1 Å². The van der Waals surface area contributed by atoms with Gasteiger partial charge in [0.15, 0.2) is 0 Å². The van der Waals surface area contributed by atoms with Crippen LogP contribution in [0.1, 0.15) is 84.8 Å². The van der Waals surface area contributed by atoms with E-state index in [-0.39, 0.29) is 30.6 Å². The predicted octanol–water partition coefficient (Wildman–Crippen LogP) is 5.25. The molecule has 1 saturated heterocycles. The van der Waals surface area contributed by atoms with Gasteiger partial charge in [-0.05, 0) is 80.2 Å². The van der Waals surface area contributed by atoms with Gasteiger partial charge < -0.3 is 29.2 Å². The average molecular weight is 619 g/mol. The Bertz CT molecular complexity index is 1470. The smallest absolute Gasteiger partial charge is 0.408 e. The number of fused-ring (bicyclic) bond motifs is 7. The summed E-state index contributed by atoms with van der Waals surface area (Å²) < 4.78 is 18.6.